The third kappa shape index (κ3) is 4.17. The van der Waals surface area contributed by atoms with Crippen LogP contribution in [0.15, 0.2) is 0 Å². The summed E-state index contributed by atoms with van der Waals surface area (Å²) in [5.74, 6) is 0.622. The van der Waals surface area contributed by atoms with Crippen LogP contribution in [0.4, 0.5) is 0 Å². The predicted octanol–water partition coefficient (Wildman–Crippen LogP) is 0.192. The molecule has 0 spiro atoms. The van der Waals surface area contributed by atoms with E-state index in [2.05, 4.69) is 16.3 Å². The van der Waals surface area contributed by atoms with Gasteiger partial charge in [-0.05, 0) is 32.2 Å². The van der Waals surface area contributed by atoms with E-state index in [0.717, 1.165) is 25.9 Å². The summed E-state index contributed by atoms with van der Waals surface area (Å²) < 4.78 is 0. The van der Waals surface area contributed by atoms with E-state index in [4.69, 9.17) is 10.4 Å². The van der Waals surface area contributed by atoms with E-state index in [1.165, 1.54) is 6.42 Å². The lowest BCUT2D eigenvalue weighted by Gasteiger charge is -2.36. The van der Waals surface area contributed by atoms with Crippen LogP contribution in [0.2, 0.25) is 0 Å². The van der Waals surface area contributed by atoms with Gasteiger partial charge in [0, 0.05) is 25.7 Å². The molecule has 4 heteroatoms. The summed E-state index contributed by atoms with van der Waals surface area (Å²) in [6.45, 7) is 2.78. The molecule has 0 aliphatic carbocycles. The number of aliphatic hydroxyl groups is 1. The summed E-state index contributed by atoms with van der Waals surface area (Å²) in [6.07, 6.45) is 3.11. The highest BCUT2D eigenvalue weighted by atomic mass is 16.2. The van der Waals surface area contributed by atoms with E-state index in [1.54, 1.807) is 0 Å². The molecule has 0 aromatic carbocycles. The van der Waals surface area contributed by atoms with E-state index < -0.39 is 0 Å². The molecule has 0 saturated carbocycles. The van der Waals surface area contributed by atoms with Crippen molar-refractivity contribution in [2.24, 2.45) is 5.92 Å². The van der Waals surface area contributed by atoms with Gasteiger partial charge in [0.2, 0.25) is 0 Å². The fourth-order valence-electron chi connectivity index (χ4n) is 2.33. The number of likely N-dealkylation sites (N-methyl/N-ethyl adjacent to an activating group) is 1. The maximum atomic E-state index is 8.81. The number of aliphatic hydroxyl groups excluding tert-OH is 1. The number of hydrogen-bond acceptors (Lipinski definition) is 4. The average molecular weight is 211 g/mol. The van der Waals surface area contributed by atoms with Crippen molar-refractivity contribution in [2.75, 3.05) is 33.3 Å². The fraction of sp³-hybridized carbons (Fsp3) is 0.909. The van der Waals surface area contributed by atoms with Gasteiger partial charge in [0.15, 0.2) is 0 Å². The smallest absolute Gasteiger partial charge is 0.0866 e. The molecule has 2 unspecified atom stereocenters. The number of hydrogen-bond donors (Lipinski definition) is 2. The van der Waals surface area contributed by atoms with Crippen molar-refractivity contribution in [2.45, 2.75) is 25.3 Å². The maximum Gasteiger partial charge on any atom is 0.0866 e. The summed E-state index contributed by atoms with van der Waals surface area (Å²) in [5, 5.41) is 20.8. The van der Waals surface area contributed by atoms with Crippen LogP contribution in [0.1, 0.15) is 19.3 Å². The Kier molecular flexibility index (Phi) is 5.62. The van der Waals surface area contributed by atoms with Gasteiger partial charge in [0.1, 0.15) is 0 Å². The fourth-order valence-corrected chi connectivity index (χ4v) is 2.33. The van der Waals surface area contributed by atoms with Crippen molar-refractivity contribution in [3.63, 3.8) is 0 Å². The molecule has 1 fully saturated rings. The summed E-state index contributed by atoms with van der Waals surface area (Å²) in [4.78, 5) is 2.20. The zero-order valence-electron chi connectivity index (χ0n) is 9.45. The topological polar surface area (TPSA) is 59.3 Å². The quantitative estimate of drug-likeness (QED) is 0.637. The maximum absolute atomic E-state index is 8.81. The lowest BCUT2D eigenvalue weighted by Crippen LogP contribution is -2.48. The highest BCUT2D eigenvalue weighted by Crippen LogP contribution is 2.20. The average Bonchev–Trinajstić information content (AvgIpc) is 2.26. The van der Waals surface area contributed by atoms with Crippen LogP contribution in [0.25, 0.3) is 0 Å². The van der Waals surface area contributed by atoms with E-state index in [9.17, 15) is 0 Å². The van der Waals surface area contributed by atoms with Crippen molar-refractivity contribution >= 4 is 0 Å². The summed E-state index contributed by atoms with van der Waals surface area (Å²) in [5.41, 5.74) is 0. The van der Waals surface area contributed by atoms with Gasteiger partial charge >= 0.3 is 0 Å². The second-order valence-corrected chi connectivity index (χ2v) is 4.31. The molecular weight excluding hydrogens is 190 g/mol. The first-order valence-corrected chi connectivity index (χ1v) is 5.67. The third-order valence-corrected chi connectivity index (χ3v) is 3.09. The van der Waals surface area contributed by atoms with Crippen LogP contribution in [0.5, 0.6) is 0 Å². The molecule has 0 amide bonds. The number of piperidine rings is 1. The van der Waals surface area contributed by atoms with E-state index in [-0.39, 0.29) is 6.61 Å². The molecule has 15 heavy (non-hydrogen) atoms. The minimum absolute atomic E-state index is 0.277. The van der Waals surface area contributed by atoms with Crippen molar-refractivity contribution in [1.82, 2.24) is 10.2 Å². The van der Waals surface area contributed by atoms with Gasteiger partial charge in [-0.25, -0.2) is 0 Å². The Balaban J connectivity index is 2.40. The number of nitriles is 1. The molecule has 1 rings (SSSR count). The van der Waals surface area contributed by atoms with E-state index in [1.807, 2.05) is 7.05 Å². The van der Waals surface area contributed by atoms with Crippen LogP contribution in [0, 0.1) is 17.2 Å². The first-order valence-electron chi connectivity index (χ1n) is 5.67. The number of rotatable bonds is 5. The first kappa shape index (κ1) is 12.4. The second kappa shape index (κ2) is 6.78. The van der Waals surface area contributed by atoms with Crippen LogP contribution >= 0.6 is 0 Å². The first-order chi connectivity index (χ1) is 7.30. The molecule has 1 heterocycles. The molecule has 0 aromatic heterocycles. The minimum atomic E-state index is 0.277. The van der Waals surface area contributed by atoms with Crippen molar-refractivity contribution < 1.29 is 5.11 Å². The van der Waals surface area contributed by atoms with Gasteiger partial charge < -0.3 is 10.4 Å². The lowest BCUT2D eigenvalue weighted by molar-refractivity contribution is 0.146. The second-order valence-electron chi connectivity index (χ2n) is 4.31. The monoisotopic (exact) mass is 211 g/mol. The van der Waals surface area contributed by atoms with Gasteiger partial charge in [0.25, 0.3) is 0 Å². The Labute approximate surface area is 91.9 Å². The molecule has 4 nitrogen and oxygen atoms in total. The lowest BCUT2D eigenvalue weighted by atomic mass is 9.90. The van der Waals surface area contributed by atoms with Gasteiger partial charge in [-0.15, -0.1) is 0 Å². The largest absolute Gasteiger partial charge is 0.396 e. The third-order valence-electron chi connectivity index (χ3n) is 3.09. The highest BCUT2D eigenvalue weighted by Gasteiger charge is 2.25. The SMILES string of the molecule is CNC1CC(CCCO)CN(CC#N)C1. The molecule has 1 saturated heterocycles. The molecular formula is C11H21N3O. The van der Waals surface area contributed by atoms with Crippen LogP contribution in [0.3, 0.4) is 0 Å². The van der Waals surface area contributed by atoms with Gasteiger partial charge in [-0.1, -0.05) is 0 Å². The Bertz CT molecular complexity index is 214. The van der Waals surface area contributed by atoms with Crippen LogP contribution in [-0.4, -0.2) is 49.3 Å². The molecule has 0 bridgehead atoms. The minimum Gasteiger partial charge on any atom is -0.396 e. The van der Waals surface area contributed by atoms with Crippen LogP contribution < -0.4 is 5.32 Å². The normalized spacial score (nSPS) is 27.5. The number of nitrogens with one attached hydrogen (secondary N) is 1. The molecule has 0 radical (unpaired) electrons. The Morgan fingerprint density at radius 2 is 2.33 bits per heavy atom. The van der Waals surface area contributed by atoms with E-state index in [0.29, 0.717) is 18.5 Å². The standard InChI is InChI=1S/C11H21N3O/c1-13-11-7-10(3-2-6-15)8-14(9-11)5-4-12/h10-11,13,15H,2-3,5-9H2,1H3. The Morgan fingerprint density at radius 1 is 1.53 bits per heavy atom. The number of likely N-dealkylation sites (tertiary alicyclic amines) is 1. The Hall–Kier alpha value is -0.630. The van der Waals surface area contributed by atoms with E-state index >= 15 is 0 Å². The highest BCUT2D eigenvalue weighted by molar-refractivity contribution is 4.87. The molecule has 1 aliphatic rings. The van der Waals surface area contributed by atoms with Gasteiger partial charge in [0.05, 0.1) is 12.6 Å². The van der Waals surface area contributed by atoms with Gasteiger partial charge in [-0.3, -0.25) is 4.90 Å². The molecule has 0 aromatic rings. The van der Waals surface area contributed by atoms with Crippen LogP contribution in [-0.2, 0) is 0 Å². The summed E-state index contributed by atoms with van der Waals surface area (Å²) in [6, 6.07) is 2.70. The molecule has 2 N–H and O–H groups in total. The van der Waals surface area contributed by atoms with Crippen molar-refractivity contribution in [3.8, 4) is 6.07 Å². The predicted molar refractivity (Wildman–Crippen MR) is 59.3 cm³/mol. The summed E-state index contributed by atoms with van der Waals surface area (Å²) >= 11 is 0. The van der Waals surface area contributed by atoms with Gasteiger partial charge in [-0.2, -0.15) is 5.26 Å². The van der Waals surface area contributed by atoms with Crippen molar-refractivity contribution in [3.05, 3.63) is 0 Å². The molecule has 1 aliphatic heterocycles. The zero-order valence-corrected chi connectivity index (χ0v) is 9.45. The number of nitrogens with zero attached hydrogens (tertiary/aromatic N) is 2. The Morgan fingerprint density at radius 3 is 2.93 bits per heavy atom. The molecule has 2 atom stereocenters. The summed E-state index contributed by atoms with van der Waals surface area (Å²) in [7, 11) is 1.98. The zero-order chi connectivity index (χ0) is 11.1. The molecule has 86 valence electrons. The van der Waals surface area contributed by atoms with Crippen molar-refractivity contribution in [1.29, 1.82) is 5.26 Å².